The van der Waals surface area contributed by atoms with Crippen LogP contribution in [0.1, 0.15) is 29.8 Å². The van der Waals surface area contributed by atoms with E-state index in [0.29, 0.717) is 47.6 Å². The number of halogens is 1. The third-order valence-electron chi connectivity index (χ3n) is 3.49. The zero-order chi connectivity index (χ0) is 18.2. The van der Waals surface area contributed by atoms with Crippen LogP contribution in [0, 0.1) is 0 Å². The number of methoxy groups -OCH3 is 1. The van der Waals surface area contributed by atoms with E-state index in [4.69, 9.17) is 25.8 Å². The van der Waals surface area contributed by atoms with Gasteiger partial charge in [-0.15, -0.1) is 0 Å². The molecule has 0 heterocycles. The summed E-state index contributed by atoms with van der Waals surface area (Å²) in [6, 6.07) is 10.3. The van der Waals surface area contributed by atoms with Crippen LogP contribution in [0.4, 0.5) is 5.69 Å². The van der Waals surface area contributed by atoms with Gasteiger partial charge in [-0.25, -0.2) is 0 Å². The third-order valence-corrected chi connectivity index (χ3v) is 3.73. The Morgan fingerprint density at radius 1 is 1.08 bits per heavy atom. The van der Waals surface area contributed by atoms with Crippen molar-refractivity contribution in [3.05, 3.63) is 52.5 Å². The van der Waals surface area contributed by atoms with E-state index in [1.165, 1.54) is 7.11 Å². The molecule has 25 heavy (non-hydrogen) atoms. The molecule has 0 atom stereocenters. The Labute approximate surface area is 152 Å². The largest absolute Gasteiger partial charge is 0.495 e. The molecule has 134 valence electrons. The molecule has 0 aromatic heterocycles. The molecule has 0 fully saturated rings. The van der Waals surface area contributed by atoms with E-state index >= 15 is 0 Å². The zero-order valence-electron chi connectivity index (χ0n) is 14.6. The van der Waals surface area contributed by atoms with Crippen molar-refractivity contribution in [2.24, 2.45) is 0 Å². The number of carbonyl (C=O) groups is 1. The van der Waals surface area contributed by atoms with E-state index in [-0.39, 0.29) is 5.91 Å². The molecule has 6 heteroatoms. The second-order valence-electron chi connectivity index (χ2n) is 5.19. The molecule has 0 aliphatic heterocycles. The Kier molecular flexibility index (Phi) is 7.10. The fourth-order valence-electron chi connectivity index (χ4n) is 2.31. The summed E-state index contributed by atoms with van der Waals surface area (Å²) in [5, 5.41) is 3.34. The predicted molar refractivity (Wildman–Crippen MR) is 98.9 cm³/mol. The van der Waals surface area contributed by atoms with Gasteiger partial charge in [0.05, 0.1) is 26.0 Å². The summed E-state index contributed by atoms with van der Waals surface area (Å²) in [7, 11) is 1.54. The molecule has 0 saturated heterocycles. The summed E-state index contributed by atoms with van der Waals surface area (Å²) < 4.78 is 16.3. The summed E-state index contributed by atoms with van der Waals surface area (Å²) >= 11 is 6.00. The first-order valence-electron chi connectivity index (χ1n) is 8.07. The zero-order valence-corrected chi connectivity index (χ0v) is 15.4. The molecular formula is C19H22ClNO4. The number of anilines is 1. The summed E-state index contributed by atoms with van der Waals surface area (Å²) in [4.78, 5) is 12.6. The monoisotopic (exact) mass is 363 g/mol. The lowest BCUT2D eigenvalue weighted by Gasteiger charge is -2.13. The maximum absolute atomic E-state index is 12.6. The highest BCUT2D eigenvalue weighted by Gasteiger charge is 2.13. The van der Waals surface area contributed by atoms with Gasteiger partial charge in [-0.3, -0.25) is 4.79 Å². The van der Waals surface area contributed by atoms with Gasteiger partial charge in [0.1, 0.15) is 11.5 Å². The van der Waals surface area contributed by atoms with Gasteiger partial charge in [0.15, 0.2) is 0 Å². The maximum Gasteiger partial charge on any atom is 0.255 e. The van der Waals surface area contributed by atoms with E-state index in [1.54, 1.807) is 36.4 Å². The smallest absolute Gasteiger partial charge is 0.255 e. The Morgan fingerprint density at radius 3 is 2.52 bits per heavy atom. The molecule has 0 saturated carbocycles. The molecule has 0 radical (unpaired) electrons. The van der Waals surface area contributed by atoms with E-state index in [1.807, 2.05) is 13.8 Å². The molecule has 5 nitrogen and oxygen atoms in total. The number of rotatable bonds is 8. The minimum Gasteiger partial charge on any atom is -0.495 e. The van der Waals surface area contributed by atoms with Gasteiger partial charge in [-0.2, -0.15) is 0 Å². The lowest BCUT2D eigenvalue weighted by atomic mass is 10.1. The van der Waals surface area contributed by atoms with Gasteiger partial charge >= 0.3 is 0 Å². The standard InChI is InChI=1S/C19H22ClNO4/c1-4-24-12-14-10-13(6-8-17(14)25-5-2)19(22)21-16-11-15(20)7-9-18(16)23-3/h6-11H,4-5,12H2,1-3H3,(H,21,22). The van der Waals surface area contributed by atoms with Gasteiger partial charge < -0.3 is 19.5 Å². The number of hydrogen-bond donors (Lipinski definition) is 1. The average Bonchev–Trinajstić information content (AvgIpc) is 2.61. The van der Waals surface area contributed by atoms with Gasteiger partial charge in [0.25, 0.3) is 5.91 Å². The molecule has 2 rings (SSSR count). The molecule has 1 N–H and O–H groups in total. The minimum atomic E-state index is -0.263. The Bertz CT molecular complexity index is 733. The maximum atomic E-state index is 12.6. The summed E-state index contributed by atoms with van der Waals surface area (Å²) in [5.74, 6) is 0.993. The number of carbonyl (C=O) groups excluding carboxylic acids is 1. The number of hydrogen-bond acceptors (Lipinski definition) is 4. The van der Waals surface area contributed by atoms with Crippen LogP contribution in [0.3, 0.4) is 0 Å². The Morgan fingerprint density at radius 2 is 1.84 bits per heavy atom. The molecule has 1 amide bonds. The van der Waals surface area contributed by atoms with Crippen LogP contribution in [0.2, 0.25) is 5.02 Å². The van der Waals surface area contributed by atoms with Crippen LogP contribution in [0.15, 0.2) is 36.4 Å². The van der Waals surface area contributed by atoms with E-state index in [2.05, 4.69) is 5.32 Å². The number of benzene rings is 2. The van der Waals surface area contributed by atoms with Gasteiger partial charge in [-0.1, -0.05) is 11.6 Å². The topological polar surface area (TPSA) is 56.8 Å². The minimum absolute atomic E-state index is 0.263. The first-order chi connectivity index (χ1) is 12.1. The lowest BCUT2D eigenvalue weighted by Crippen LogP contribution is -2.13. The van der Waals surface area contributed by atoms with Gasteiger partial charge in [0, 0.05) is 22.8 Å². The molecule has 2 aromatic carbocycles. The fraction of sp³-hybridized carbons (Fsp3) is 0.316. The first-order valence-corrected chi connectivity index (χ1v) is 8.45. The average molecular weight is 364 g/mol. The van der Waals surface area contributed by atoms with Crippen molar-refractivity contribution in [1.29, 1.82) is 0 Å². The van der Waals surface area contributed by atoms with Crippen molar-refractivity contribution >= 4 is 23.2 Å². The predicted octanol–water partition coefficient (Wildman–Crippen LogP) is 4.54. The first kappa shape index (κ1) is 19.1. The van der Waals surface area contributed by atoms with Crippen LogP contribution < -0.4 is 14.8 Å². The van der Waals surface area contributed by atoms with Crippen molar-refractivity contribution in [1.82, 2.24) is 0 Å². The number of nitrogens with one attached hydrogen (secondary N) is 1. The third kappa shape index (κ3) is 5.11. The van der Waals surface area contributed by atoms with E-state index < -0.39 is 0 Å². The summed E-state index contributed by atoms with van der Waals surface area (Å²) in [6.45, 7) is 5.35. The molecule has 0 unspecified atom stereocenters. The van der Waals surface area contributed by atoms with Crippen LogP contribution in [-0.4, -0.2) is 26.2 Å². The molecular weight excluding hydrogens is 342 g/mol. The van der Waals surface area contributed by atoms with E-state index in [9.17, 15) is 4.79 Å². The molecule has 0 bridgehead atoms. The van der Waals surface area contributed by atoms with Crippen molar-refractivity contribution in [2.45, 2.75) is 20.5 Å². The highest BCUT2D eigenvalue weighted by atomic mass is 35.5. The SMILES string of the molecule is CCOCc1cc(C(=O)Nc2cc(Cl)ccc2OC)ccc1OCC. The van der Waals surface area contributed by atoms with Crippen LogP contribution in [0.25, 0.3) is 0 Å². The van der Waals surface area contributed by atoms with Crippen molar-refractivity contribution < 1.29 is 19.0 Å². The second-order valence-corrected chi connectivity index (χ2v) is 5.63. The molecule has 0 aliphatic rings. The van der Waals surface area contributed by atoms with Crippen LogP contribution >= 0.6 is 11.6 Å². The van der Waals surface area contributed by atoms with Gasteiger partial charge in [0.2, 0.25) is 0 Å². The Hall–Kier alpha value is -2.24. The quantitative estimate of drug-likeness (QED) is 0.748. The van der Waals surface area contributed by atoms with Crippen molar-refractivity contribution in [2.75, 3.05) is 25.6 Å². The van der Waals surface area contributed by atoms with Crippen molar-refractivity contribution in [3.8, 4) is 11.5 Å². The second kappa shape index (κ2) is 9.30. The summed E-state index contributed by atoms with van der Waals surface area (Å²) in [5.41, 5.74) is 1.84. The van der Waals surface area contributed by atoms with E-state index in [0.717, 1.165) is 5.56 Å². The number of ether oxygens (including phenoxy) is 3. The molecule has 2 aromatic rings. The Balaban J connectivity index is 2.25. The highest BCUT2D eigenvalue weighted by Crippen LogP contribution is 2.29. The van der Waals surface area contributed by atoms with Gasteiger partial charge in [-0.05, 0) is 50.2 Å². The molecule has 0 aliphatic carbocycles. The van der Waals surface area contributed by atoms with Crippen molar-refractivity contribution in [3.63, 3.8) is 0 Å². The highest BCUT2D eigenvalue weighted by molar-refractivity contribution is 6.31. The van der Waals surface area contributed by atoms with Crippen LogP contribution in [-0.2, 0) is 11.3 Å². The number of amides is 1. The van der Waals surface area contributed by atoms with Crippen LogP contribution in [0.5, 0.6) is 11.5 Å². The fourth-order valence-corrected chi connectivity index (χ4v) is 2.49. The summed E-state index contributed by atoms with van der Waals surface area (Å²) in [6.07, 6.45) is 0. The molecule has 0 spiro atoms. The normalized spacial score (nSPS) is 10.4. The lowest BCUT2D eigenvalue weighted by molar-refractivity contribution is 0.102.